The summed E-state index contributed by atoms with van der Waals surface area (Å²) in [6.07, 6.45) is 1.39. The maximum Gasteiger partial charge on any atom is 0.337 e. The molecule has 0 aliphatic heterocycles. The molecule has 0 aliphatic carbocycles. The molecule has 0 radical (unpaired) electrons. The van der Waals surface area contributed by atoms with Gasteiger partial charge >= 0.3 is 5.97 Å². The number of rotatable bonds is 5. The van der Waals surface area contributed by atoms with Gasteiger partial charge in [0.1, 0.15) is 11.5 Å². The first kappa shape index (κ1) is 18.4. The van der Waals surface area contributed by atoms with Crippen molar-refractivity contribution in [1.29, 1.82) is 0 Å². The zero-order chi connectivity index (χ0) is 19.2. The van der Waals surface area contributed by atoms with E-state index in [1.165, 1.54) is 13.3 Å². The highest BCUT2D eigenvalue weighted by Gasteiger charge is 2.09. The van der Waals surface area contributed by atoms with E-state index in [2.05, 4.69) is 15.3 Å². The molecule has 1 heterocycles. The van der Waals surface area contributed by atoms with Crippen molar-refractivity contribution in [2.24, 2.45) is 5.10 Å². The number of carbonyl (C=O) groups is 2. The molecule has 0 saturated heterocycles. The molecule has 0 spiro atoms. The molecular formula is C20H15ClN2O4. The summed E-state index contributed by atoms with van der Waals surface area (Å²) in [5, 5.41) is 4.22. The molecule has 1 amide bonds. The third-order valence-corrected chi connectivity index (χ3v) is 4.02. The second-order valence-electron chi connectivity index (χ2n) is 5.45. The van der Waals surface area contributed by atoms with Crippen molar-refractivity contribution in [2.75, 3.05) is 7.11 Å². The average molecular weight is 383 g/mol. The largest absolute Gasteiger partial charge is 0.465 e. The molecule has 0 saturated carbocycles. The molecule has 2 aromatic carbocycles. The molecule has 3 aromatic rings. The van der Waals surface area contributed by atoms with Crippen molar-refractivity contribution in [2.45, 2.75) is 0 Å². The minimum absolute atomic E-state index is 0.335. The first-order valence-electron chi connectivity index (χ1n) is 7.95. The monoisotopic (exact) mass is 382 g/mol. The molecule has 6 nitrogen and oxygen atoms in total. The Morgan fingerprint density at radius 2 is 1.81 bits per heavy atom. The fraction of sp³-hybridized carbons (Fsp3) is 0.0500. The van der Waals surface area contributed by atoms with Crippen molar-refractivity contribution < 1.29 is 18.7 Å². The lowest BCUT2D eigenvalue weighted by Crippen LogP contribution is -2.17. The van der Waals surface area contributed by atoms with Crippen LogP contribution in [0.2, 0.25) is 5.02 Å². The number of nitrogens with one attached hydrogen (secondary N) is 1. The lowest BCUT2D eigenvalue weighted by Gasteiger charge is -2.01. The number of carbonyl (C=O) groups excluding carboxylic acids is 2. The van der Waals surface area contributed by atoms with Crippen LogP contribution < -0.4 is 5.43 Å². The molecule has 0 atom stereocenters. The zero-order valence-corrected chi connectivity index (χ0v) is 15.1. The van der Waals surface area contributed by atoms with Gasteiger partial charge in [0.05, 0.1) is 29.5 Å². The summed E-state index contributed by atoms with van der Waals surface area (Å²) in [6, 6.07) is 17.0. The standard InChI is InChI=1S/C20H15ClN2O4/c1-26-20(25)14-8-6-13(7-9-14)18-11-10-15(27-18)12-22-23-19(24)16-4-2-3-5-17(16)21/h2-12H,1H3,(H,23,24)/b22-12-. The highest BCUT2D eigenvalue weighted by Crippen LogP contribution is 2.22. The van der Waals surface area contributed by atoms with Crippen LogP contribution in [0.4, 0.5) is 0 Å². The van der Waals surface area contributed by atoms with Crippen molar-refractivity contribution >= 4 is 29.7 Å². The first-order chi connectivity index (χ1) is 13.1. The molecule has 3 rings (SSSR count). The van der Waals surface area contributed by atoms with Crippen LogP contribution in [0, 0.1) is 0 Å². The molecule has 1 aromatic heterocycles. The number of nitrogens with zero attached hydrogens (tertiary/aromatic N) is 1. The van der Waals surface area contributed by atoms with Gasteiger partial charge in [0.2, 0.25) is 0 Å². The van der Waals surface area contributed by atoms with Crippen LogP contribution in [0.5, 0.6) is 0 Å². The van der Waals surface area contributed by atoms with Crippen LogP contribution in [0.1, 0.15) is 26.5 Å². The summed E-state index contributed by atoms with van der Waals surface area (Å²) >= 11 is 5.97. The fourth-order valence-corrected chi connectivity index (χ4v) is 2.55. The van der Waals surface area contributed by atoms with Crippen molar-refractivity contribution in [3.8, 4) is 11.3 Å². The summed E-state index contributed by atoms with van der Waals surface area (Å²) < 4.78 is 10.3. The van der Waals surface area contributed by atoms with Gasteiger partial charge < -0.3 is 9.15 Å². The summed E-state index contributed by atoms with van der Waals surface area (Å²) in [7, 11) is 1.33. The van der Waals surface area contributed by atoms with Gasteiger partial charge in [-0.25, -0.2) is 10.2 Å². The molecule has 0 fully saturated rings. The number of hydrogen-bond donors (Lipinski definition) is 1. The lowest BCUT2D eigenvalue weighted by molar-refractivity contribution is 0.0600. The Balaban J connectivity index is 1.65. The Hall–Kier alpha value is -3.38. The van der Waals surface area contributed by atoms with Gasteiger partial charge in [-0.3, -0.25) is 4.79 Å². The molecule has 0 unspecified atom stereocenters. The predicted octanol–water partition coefficient (Wildman–Crippen LogP) is 4.15. The minimum atomic E-state index is -0.415. The van der Waals surface area contributed by atoms with E-state index < -0.39 is 11.9 Å². The topological polar surface area (TPSA) is 80.9 Å². The fourth-order valence-electron chi connectivity index (χ4n) is 2.33. The Bertz CT molecular complexity index is 993. The van der Waals surface area contributed by atoms with Gasteiger partial charge in [-0.2, -0.15) is 5.10 Å². The van der Waals surface area contributed by atoms with Gasteiger partial charge in [0, 0.05) is 5.56 Å². The van der Waals surface area contributed by atoms with Gasteiger partial charge in [0.25, 0.3) is 5.91 Å². The van der Waals surface area contributed by atoms with Crippen LogP contribution >= 0.6 is 11.6 Å². The zero-order valence-electron chi connectivity index (χ0n) is 14.3. The second kappa shape index (κ2) is 8.33. The third-order valence-electron chi connectivity index (χ3n) is 3.69. The van der Waals surface area contributed by atoms with E-state index in [9.17, 15) is 9.59 Å². The van der Waals surface area contributed by atoms with Crippen molar-refractivity contribution in [3.63, 3.8) is 0 Å². The Labute approximate surface area is 160 Å². The number of amides is 1. The van der Waals surface area contributed by atoms with E-state index in [1.807, 2.05) is 0 Å². The van der Waals surface area contributed by atoms with Crippen LogP contribution in [0.3, 0.4) is 0 Å². The molecule has 27 heavy (non-hydrogen) atoms. The predicted molar refractivity (Wildman–Crippen MR) is 102 cm³/mol. The average Bonchev–Trinajstić information content (AvgIpc) is 3.16. The number of esters is 1. The number of hydrogen-bond acceptors (Lipinski definition) is 5. The molecule has 0 bridgehead atoms. The molecule has 0 aliphatic rings. The summed E-state index contributed by atoms with van der Waals surface area (Å²) in [5.74, 6) is 0.247. The van der Waals surface area contributed by atoms with Crippen LogP contribution in [-0.4, -0.2) is 25.2 Å². The number of furan rings is 1. The minimum Gasteiger partial charge on any atom is -0.465 e. The Morgan fingerprint density at radius 3 is 2.52 bits per heavy atom. The van der Waals surface area contributed by atoms with Crippen LogP contribution in [-0.2, 0) is 4.74 Å². The number of methoxy groups -OCH3 is 1. The maximum absolute atomic E-state index is 12.0. The molecule has 7 heteroatoms. The smallest absolute Gasteiger partial charge is 0.337 e. The van der Waals surface area contributed by atoms with Crippen LogP contribution in [0.15, 0.2) is 70.2 Å². The number of ether oxygens (including phenoxy) is 1. The lowest BCUT2D eigenvalue weighted by atomic mass is 10.1. The van der Waals surface area contributed by atoms with Crippen LogP contribution in [0.25, 0.3) is 11.3 Å². The van der Waals surface area contributed by atoms with E-state index in [-0.39, 0.29) is 0 Å². The Morgan fingerprint density at radius 1 is 1.07 bits per heavy atom. The van der Waals surface area contributed by atoms with Gasteiger partial charge in [-0.05, 0) is 36.4 Å². The van der Waals surface area contributed by atoms with E-state index in [4.69, 9.17) is 16.0 Å². The van der Waals surface area contributed by atoms with Crippen molar-refractivity contribution in [3.05, 3.63) is 82.6 Å². The number of halogens is 1. The van der Waals surface area contributed by atoms with Gasteiger partial charge in [-0.15, -0.1) is 0 Å². The highest BCUT2D eigenvalue weighted by atomic mass is 35.5. The SMILES string of the molecule is COC(=O)c1ccc(-c2ccc(/C=N\NC(=O)c3ccccc3Cl)o2)cc1. The van der Waals surface area contributed by atoms with E-state index in [1.54, 1.807) is 60.7 Å². The first-order valence-corrected chi connectivity index (χ1v) is 8.33. The molecule has 1 N–H and O–H groups in total. The Kier molecular flexibility index (Phi) is 5.68. The van der Waals surface area contributed by atoms with E-state index in [0.29, 0.717) is 27.7 Å². The van der Waals surface area contributed by atoms with Crippen molar-refractivity contribution in [1.82, 2.24) is 5.43 Å². The normalized spacial score (nSPS) is 10.7. The number of benzene rings is 2. The maximum atomic E-state index is 12.0. The molecular weight excluding hydrogens is 368 g/mol. The molecule has 136 valence electrons. The summed E-state index contributed by atoms with van der Waals surface area (Å²) in [6.45, 7) is 0. The van der Waals surface area contributed by atoms with E-state index in [0.717, 1.165) is 5.56 Å². The quantitative estimate of drug-likeness (QED) is 0.408. The van der Waals surface area contributed by atoms with Gasteiger partial charge in [0.15, 0.2) is 0 Å². The summed E-state index contributed by atoms with van der Waals surface area (Å²) in [4.78, 5) is 23.5. The number of hydrazone groups is 1. The summed E-state index contributed by atoms with van der Waals surface area (Å²) in [5.41, 5.74) is 3.98. The van der Waals surface area contributed by atoms with Gasteiger partial charge in [-0.1, -0.05) is 35.9 Å². The van der Waals surface area contributed by atoms with E-state index >= 15 is 0 Å². The highest BCUT2D eigenvalue weighted by molar-refractivity contribution is 6.33. The third kappa shape index (κ3) is 4.43. The second-order valence-corrected chi connectivity index (χ2v) is 5.86.